The molecule has 2 heterocycles. The molecule has 10 heteroatoms. The summed E-state index contributed by atoms with van der Waals surface area (Å²) in [6.45, 7) is 0. The van der Waals surface area contributed by atoms with Gasteiger partial charge in [-0.3, -0.25) is 23.7 Å². The Balaban J connectivity index is 0.000000349. The molecule has 0 unspecified atom stereocenters. The van der Waals surface area contributed by atoms with Gasteiger partial charge in [-0.05, 0) is 12.1 Å². The molecule has 26 heavy (non-hydrogen) atoms. The third kappa shape index (κ3) is 3.73. The summed E-state index contributed by atoms with van der Waals surface area (Å²) in [4.78, 5) is 33.7. The maximum Gasteiger partial charge on any atom is 0.394 e. The number of carbonyl (C=O) groups is 2. The third-order valence-corrected chi connectivity index (χ3v) is 4.50. The molecule has 132 valence electrons. The van der Waals surface area contributed by atoms with Gasteiger partial charge in [-0.25, -0.2) is 4.98 Å². The zero-order valence-corrected chi connectivity index (χ0v) is 14.5. The van der Waals surface area contributed by atoms with Crippen LogP contribution in [-0.4, -0.2) is 39.1 Å². The monoisotopic (exact) mass is 390 g/mol. The Morgan fingerprint density at radius 1 is 0.885 bits per heavy atom. The summed E-state index contributed by atoms with van der Waals surface area (Å²) < 4.78 is 31.6. The van der Waals surface area contributed by atoms with Crippen molar-refractivity contribution >= 4 is 33.3 Å². The molecular weight excluding hydrogens is 380 g/mol. The first-order valence-corrected chi connectivity index (χ1v) is 9.26. The molecule has 0 saturated heterocycles. The first-order valence-electron chi connectivity index (χ1n) is 7.05. The summed E-state index contributed by atoms with van der Waals surface area (Å²) in [5.74, 6) is -0.310. The second kappa shape index (κ2) is 6.84. The number of hydrogen-bond donors (Lipinski definition) is 2. The number of pyridine rings is 1. The number of fused-ring (bicyclic) bond motifs is 2. The second-order valence-electron chi connectivity index (χ2n) is 5.08. The van der Waals surface area contributed by atoms with Crippen LogP contribution in [0.5, 0.6) is 0 Å². The van der Waals surface area contributed by atoms with Crippen LogP contribution in [0.1, 0.15) is 31.3 Å². The normalized spacial score (nSPS) is 12.7. The molecule has 4 rings (SSSR count). The second-order valence-corrected chi connectivity index (χ2v) is 6.98. The lowest BCUT2D eigenvalue weighted by molar-refractivity contribution is 0.0979. The average Bonchev–Trinajstić information content (AvgIpc) is 3.05. The molecule has 0 aliphatic heterocycles. The van der Waals surface area contributed by atoms with Crippen molar-refractivity contribution in [3.63, 3.8) is 0 Å². The topological polar surface area (TPSA) is 135 Å². The standard InChI is InChI=1S/C16H8N2O2S.H2O4S/c19-13-10-3-1-2-4-11(10)14(20)15-12(13)18-16(21-15)9-5-7-17-8-6-9;1-5(2,3)4/h1-8H;(H2,1,2,3,4). The molecule has 0 radical (unpaired) electrons. The van der Waals surface area contributed by atoms with E-state index in [4.69, 9.17) is 17.5 Å². The number of ketones is 2. The predicted molar refractivity (Wildman–Crippen MR) is 92.8 cm³/mol. The maximum absolute atomic E-state index is 12.5. The van der Waals surface area contributed by atoms with Gasteiger partial charge < -0.3 is 0 Å². The van der Waals surface area contributed by atoms with E-state index in [0.29, 0.717) is 21.0 Å². The number of carbonyl (C=O) groups excluding carboxylic acids is 2. The van der Waals surface area contributed by atoms with Crippen LogP contribution in [0.2, 0.25) is 0 Å². The van der Waals surface area contributed by atoms with Gasteiger partial charge in [0.1, 0.15) is 15.6 Å². The van der Waals surface area contributed by atoms with Crippen LogP contribution < -0.4 is 0 Å². The number of rotatable bonds is 1. The van der Waals surface area contributed by atoms with E-state index in [2.05, 4.69) is 9.97 Å². The van der Waals surface area contributed by atoms with Gasteiger partial charge in [0.25, 0.3) is 0 Å². The molecule has 2 N–H and O–H groups in total. The number of aromatic nitrogens is 2. The Hall–Kier alpha value is -2.79. The summed E-state index contributed by atoms with van der Waals surface area (Å²) in [6.07, 6.45) is 3.32. The Bertz CT molecular complexity index is 1050. The summed E-state index contributed by atoms with van der Waals surface area (Å²) in [5, 5.41) is 0.664. The van der Waals surface area contributed by atoms with Crippen LogP contribution in [0, 0.1) is 0 Å². The lowest BCUT2D eigenvalue weighted by Gasteiger charge is -2.11. The summed E-state index contributed by atoms with van der Waals surface area (Å²) in [6, 6.07) is 10.5. The lowest BCUT2D eigenvalue weighted by Crippen LogP contribution is -2.19. The van der Waals surface area contributed by atoms with E-state index in [0.717, 1.165) is 5.56 Å². The van der Waals surface area contributed by atoms with Gasteiger partial charge in [0.2, 0.25) is 11.6 Å². The molecule has 0 fully saturated rings. The van der Waals surface area contributed by atoms with E-state index in [-0.39, 0.29) is 17.3 Å². The van der Waals surface area contributed by atoms with Crippen LogP contribution in [0.25, 0.3) is 10.6 Å². The Morgan fingerprint density at radius 3 is 2.00 bits per heavy atom. The van der Waals surface area contributed by atoms with Crippen molar-refractivity contribution in [2.24, 2.45) is 0 Å². The van der Waals surface area contributed by atoms with Crippen molar-refractivity contribution < 1.29 is 27.1 Å². The van der Waals surface area contributed by atoms with Crippen LogP contribution in [-0.2, 0) is 10.4 Å². The van der Waals surface area contributed by atoms with Gasteiger partial charge in [-0.1, -0.05) is 24.3 Å². The van der Waals surface area contributed by atoms with Crippen LogP contribution in [0.15, 0.2) is 48.8 Å². The van der Waals surface area contributed by atoms with Gasteiger partial charge >= 0.3 is 10.4 Å². The number of hydrogen-bond acceptors (Lipinski definition) is 7. The fourth-order valence-electron chi connectivity index (χ4n) is 2.37. The molecule has 2 aromatic heterocycles. The first kappa shape index (κ1) is 18.0. The molecule has 0 bridgehead atoms. The molecule has 1 aliphatic carbocycles. The highest BCUT2D eigenvalue weighted by molar-refractivity contribution is 7.79. The average molecular weight is 390 g/mol. The maximum atomic E-state index is 12.5. The minimum atomic E-state index is -4.67. The van der Waals surface area contributed by atoms with E-state index >= 15 is 0 Å². The molecule has 8 nitrogen and oxygen atoms in total. The predicted octanol–water partition coefficient (Wildman–Crippen LogP) is 2.33. The minimum Gasteiger partial charge on any atom is -0.288 e. The van der Waals surface area contributed by atoms with E-state index < -0.39 is 10.4 Å². The van der Waals surface area contributed by atoms with Crippen molar-refractivity contribution in [2.45, 2.75) is 0 Å². The molecule has 1 aliphatic rings. The minimum absolute atomic E-state index is 0.127. The molecule has 0 amide bonds. The van der Waals surface area contributed by atoms with E-state index in [1.165, 1.54) is 11.3 Å². The smallest absolute Gasteiger partial charge is 0.288 e. The van der Waals surface area contributed by atoms with Crippen molar-refractivity contribution in [3.8, 4) is 10.6 Å². The molecule has 0 spiro atoms. The first-order chi connectivity index (χ1) is 12.3. The van der Waals surface area contributed by atoms with Gasteiger partial charge in [-0.2, -0.15) is 8.42 Å². The number of benzene rings is 1. The van der Waals surface area contributed by atoms with Crippen LogP contribution >= 0.6 is 11.3 Å². The van der Waals surface area contributed by atoms with Crippen molar-refractivity contribution in [3.05, 3.63) is 70.5 Å². The van der Waals surface area contributed by atoms with Gasteiger partial charge in [0.15, 0.2) is 0 Å². The van der Waals surface area contributed by atoms with Crippen molar-refractivity contribution in [1.29, 1.82) is 0 Å². The van der Waals surface area contributed by atoms with Crippen LogP contribution in [0.3, 0.4) is 0 Å². The van der Waals surface area contributed by atoms with E-state index in [9.17, 15) is 9.59 Å². The van der Waals surface area contributed by atoms with Gasteiger partial charge in [-0.15, -0.1) is 11.3 Å². The molecule has 0 saturated carbocycles. The van der Waals surface area contributed by atoms with Crippen molar-refractivity contribution in [2.75, 3.05) is 0 Å². The zero-order valence-electron chi connectivity index (χ0n) is 12.9. The molecule has 3 aromatic rings. The fourth-order valence-corrected chi connectivity index (χ4v) is 3.40. The summed E-state index contributed by atoms with van der Waals surface area (Å²) in [7, 11) is -4.67. The zero-order chi connectivity index (χ0) is 18.9. The molecular formula is C16H10N2O6S2. The highest BCUT2D eigenvalue weighted by Crippen LogP contribution is 2.34. The van der Waals surface area contributed by atoms with E-state index in [1.54, 1.807) is 36.7 Å². The van der Waals surface area contributed by atoms with Gasteiger partial charge in [0.05, 0.1) is 0 Å². The van der Waals surface area contributed by atoms with Crippen LogP contribution in [0.4, 0.5) is 0 Å². The quantitative estimate of drug-likeness (QED) is 0.473. The molecule has 1 aromatic carbocycles. The largest absolute Gasteiger partial charge is 0.394 e. The number of thiazole rings is 1. The Labute approximate surface area is 151 Å². The fraction of sp³-hybridized carbons (Fsp3) is 0. The van der Waals surface area contributed by atoms with Crippen molar-refractivity contribution in [1.82, 2.24) is 9.97 Å². The molecule has 0 atom stereocenters. The highest BCUT2D eigenvalue weighted by atomic mass is 32.3. The Morgan fingerprint density at radius 2 is 1.42 bits per heavy atom. The number of nitrogens with zero attached hydrogens (tertiary/aromatic N) is 2. The SMILES string of the molecule is O=C1c2ccccc2C(=O)c2sc(-c3ccncc3)nc21.O=S(=O)(O)O. The highest BCUT2D eigenvalue weighted by Gasteiger charge is 2.33. The summed E-state index contributed by atoms with van der Waals surface area (Å²) in [5.41, 5.74) is 2.01. The third-order valence-electron chi connectivity index (χ3n) is 3.39. The summed E-state index contributed by atoms with van der Waals surface area (Å²) >= 11 is 1.25. The lowest BCUT2D eigenvalue weighted by atomic mass is 9.91. The Kier molecular flexibility index (Phi) is 4.74. The van der Waals surface area contributed by atoms with Gasteiger partial charge in [0, 0.05) is 29.1 Å². The van der Waals surface area contributed by atoms with E-state index in [1.807, 2.05) is 12.1 Å².